The van der Waals surface area contributed by atoms with Gasteiger partial charge in [-0.15, -0.1) is 0 Å². The Labute approximate surface area is 102 Å². The number of hydrogen-bond donors (Lipinski definition) is 1. The van der Waals surface area contributed by atoms with Crippen LogP contribution in [0.15, 0.2) is 16.6 Å². The van der Waals surface area contributed by atoms with Crippen LogP contribution in [0.1, 0.15) is 19.4 Å². The first-order chi connectivity index (χ1) is 7.52. The SMILES string of the molecule is CC(C)CONCc1c(F)ccc(Br)c1F. The van der Waals surface area contributed by atoms with E-state index in [1.807, 2.05) is 13.8 Å². The summed E-state index contributed by atoms with van der Waals surface area (Å²) in [7, 11) is 0. The molecule has 0 amide bonds. The van der Waals surface area contributed by atoms with Crippen molar-refractivity contribution in [1.82, 2.24) is 5.48 Å². The first kappa shape index (κ1) is 13.5. The van der Waals surface area contributed by atoms with Crippen LogP contribution >= 0.6 is 15.9 Å². The minimum Gasteiger partial charge on any atom is -0.301 e. The van der Waals surface area contributed by atoms with Crippen LogP contribution in [0.25, 0.3) is 0 Å². The van der Waals surface area contributed by atoms with Gasteiger partial charge < -0.3 is 4.84 Å². The summed E-state index contributed by atoms with van der Waals surface area (Å²) < 4.78 is 27.0. The van der Waals surface area contributed by atoms with E-state index in [0.717, 1.165) is 0 Å². The summed E-state index contributed by atoms with van der Waals surface area (Å²) in [6.07, 6.45) is 0. The second-order valence-corrected chi connectivity index (χ2v) is 4.70. The molecule has 0 fully saturated rings. The molecule has 1 rings (SSSR count). The molecule has 0 aliphatic rings. The van der Waals surface area contributed by atoms with Crippen LogP contribution in [0.5, 0.6) is 0 Å². The molecule has 2 nitrogen and oxygen atoms in total. The van der Waals surface area contributed by atoms with E-state index in [1.54, 1.807) is 0 Å². The average molecular weight is 294 g/mol. The van der Waals surface area contributed by atoms with Crippen molar-refractivity contribution < 1.29 is 13.6 Å². The summed E-state index contributed by atoms with van der Waals surface area (Å²) in [5.41, 5.74) is 2.51. The Morgan fingerprint density at radius 1 is 1.38 bits per heavy atom. The fourth-order valence-electron chi connectivity index (χ4n) is 1.08. The molecule has 16 heavy (non-hydrogen) atoms. The van der Waals surface area contributed by atoms with Crippen molar-refractivity contribution in [1.29, 1.82) is 0 Å². The van der Waals surface area contributed by atoms with Gasteiger partial charge in [-0.1, -0.05) is 13.8 Å². The lowest BCUT2D eigenvalue weighted by atomic mass is 10.2. The van der Waals surface area contributed by atoms with Crippen LogP contribution in [0.4, 0.5) is 8.78 Å². The zero-order valence-electron chi connectivity index (χ0n) is 9.19. The largest absolute Gasteiger partial charge is 0.301 e. The molecule has 0 bridgehead atoms. The molecule has 1 aromatic rings. The van der Waals surface area contributed by atoms with Gasteiger partial charge in [0.05, 0.1) is 17.6 Å². The summed E-state index contributed by atoms with van der Waals surface area (Å²) in [5, 5.41) is 0. The molecule has 0 spiro atoms. The average Bonchev–Trinajstić information content (AvgIpc) is 2.22. The van der Waals surface area contributed by atoms with Gasteiger partial charge in [0.25, 0.3) is 0 Å². The summed E-state index contributed by atoms with van der Waals surface area (Å²) in [4.78, 5) is 5.05. The molecule has 0 aliphatic heterocycles. The molecule has 1 aromatic carbocycles. The van der Waals surface area contributed by atoms with Crippen LogP contribution in [-0.4, -0.2) is 6.61 Å². The van der Waals surface area contributed by atoms with E-state index in [4.69, 9.17) is 4.84 Å². The van der Waals surface area contributed by atoms with Crippen LogP contribution in [-0.2, 0) is 11.4 Å². The predicted octanol–water partition coefficient (Wildman–Crippen LogP) is 3.40. The molecule has 0 heterocycles. The molecule has 1 N–H and O–H groups in total. The number of halogens is 3. The zero-order chi connectivity index (χ0) is 12.1. The highest BCUT2D eigenvalue weighted by atomic mass is 79.9. The molecule has 0 aliphatic carbocycles. The normalized spacial score (nSPS) is 11.1. The van der Waals surface area contributed by atoms with E-state index in [1.165, 1.54) is 12.1 Å². The molecule has 0 saturated heterocycles. The van der Waals surface area contributed by atoms with Gasteiger partial charge in [-0.2, -0.15) is 5.48 Å². The molecule has 90 valence electrons. The molecule has 0 unspecified atom stereocenters. The lowest BCUT2D eigenvalue weighted by Crippen LogP contribution is -2.19. The van der Waals surface area contributed by atoms with Gasteiger partial charge in [-0.25, -0.2) is 8.78 Å². The van der Waals surface area contributed by atoms with Crippen molar-refractivity contribution in [2.45, 2.75) is 20.4 Å². The number of rotatable bonds is 5. The van der Waals surface area contributed by atoms with Crippen molar-refractivity contribution in [3.05, 3.63) is 33.8 Å². The van der Waals surface area contributed by atoms with Gasteiger partial charge in [0.2, 0.25) is 0 Å². The Bertz CT molecular complexity index is 358. The predicted molar refractivity (Wildman–Crippen MR) is 61.7 cm³/mol. The third-order valence-electron chi connectivity index (χ3n) is 1.91. The van der Waals surface area contributed by atoms with Gasteiger partial charge in [0.1, 0.15) is 11.6 Å². The van der Waals surface area contributed by atoms with Gasteiger partial charge in [0, 0.05) is 5.56 Å². The number of benzene rings is 1. The summed E-state index contributed by atoms with van der Waals surface area (Å²) >= 11 is 3.00. The first-order valence-corrected chi connectivity index (χ1v) is 5.78. The minimum atomic E-state index is -0.597. The molecule has 0 atom stereocenters. The van der Waals surface area contributed by atoms with E-state index in [2.05, 4.69) is 21.4 Å². The number of hydroxylamine groups is 1. The van der Waals surface area contributed by atoms with Crippen LogP contribution < -0.4 is 5.48 Å². The maximum Gasteiger partial charge on any atom is 0.144 e. The van der Waals surface area contributed by atoms with Crippen LogP contribution in [0.3, 0.4) is 0 Å². The standard InChI is InChI=1S/C11H14BrF2NO/c1-7(2)6-16-15-5-8-10(13)4-3-9(12)11(8)14/h3-4,7,15H,5-6H2,1-2H3. The minimum absolute atomic E-state index is 0.00380. The maximum atomic E-state index is 13.5. The second kappa shape index (κ2) is 6.27. The van der Waals surface area contributed by atoms with Crippen molar-refractivity contribution in [3.63, 3.8) is 0 Å². The van der Waals surface area contributed by atoms with Crippen LogP contribution in [0.2, 0.25) is 0 Å². The fraction of sp³-hybridized carbons (Fsp3) is 0.455. The molecule has 0 aromatic heterocycles. The van der Waals surface area contributed by atoms with Crippen molar-refractivity contribution in [2.24, 2.45) is 5.92 Å². The first-order valence-electron chi connectivity index (χ1n) is 4.99. The highest BCUT2D eigenvalue weighted by Crippen LogP contribution is 2.21. The van der Waals surface area contributed by atoms with Gasteiger partial charge >= 0.3 is 0 Å². The molecule has 0 saturated carbocycles. The lowest BCUT2D eigenvalue weighted by molar-refractivity contribution is 0.0186. The highest BCUT2D eigenvalue weighted by molar-refractivity contribution is 9.10. The quantitative estimate of drug-likeness (QED) is 0.510. The molecule has 5 heteroatoms. The van der Waals surface area contributed by atoms with Gasteiger partial charge in [0.15, 0.2) is 0 Å². The third-order valence-corrected chi connectivity index (χ3v) is 2.52. The zero-order valence-corrected chi connectivity index (χ0v) is 10.8. The van der Waals surface area contributed by atoms with Crippen molar-refractivity contribution in [2.75, 3.05) is 6.61 Å². The van der Waals surface area contributed by atoms with E-state index < -0.39 is 11.6 Å². The maximum absolute atomic E-state index is 13.5. The van der Waals surface area contributed by atoms with Gasteiger partial charge in [-0.05, 0) is 34.0 Å². The monoisotopic (exact) mass is 293 g/mol. The molecular formula is C11H14BrF2NO. The summed E-state index contributed by atoms with van der Waals surface area (Å²) in [5.74, 6) is -0.813. The Hall–Kier alpha value is -0.520. The Balaban J connectivity index is 2.56. The van der Waals surface area contributed by atoms with Crippen LogP contribution in [0, 0.1) is 17.6 Å². The number of hydrogen-bond acceptors (Lipinski definition) is 2. The van der Waals surface area contributed by atoms with E-state index in [-0.39, 0.29) is 16.6 Å². The molecular weight excluding hydrogens is 280 g/mol. The third kappa shape index (κ3) is 3.81. The van der Waals surface area contributed by atoms with Crippen molar-refractivity contribution >= 4 is 15.9 Å². The Kier molecular flexibility index (Phi) is 5.31. The summed E-state index contributed by atoms with van der Waals surface area (Å²) in [6, 6.07) is 2.55. The van der Waals surface area contributed by atoms with Crippen molar-refractivity contribution in [3.8, 4) is 0 Å². The Morgan fingerprint density at radius 2 is 2.06 bits per heavy atom. The number of nitrogens with one attached hydrogen (secondary N) is 1. The van der Waals surface area contributed by atoms with E-state index in [9.17, 15) is 8.78 Å². The lowest BCUT2D eigenvalue weighted by Gasteiger charge is -2.09. The Morgan fingerprint density at radius 3 is 2.69 bits per heavy atom. The fourth-order valence-corrected chi connectivity index (χ4v) is 1.45. The highest BCUT2D eigenvalue weighted by Gasteiger charge is 2.11. The molecule has 0 radical (unpaired) electrons. The second-order valence-electron chi connectivity index (χ2n) is 3.85. The van der Waals surface area contributed by atoms with Gasteiger partial charge in [-0.3, -0.25) is 0 Å². The summed E-state index contributed by atoms with van der Waals surface area (Å²) in [6.45, 7) is 4.48. The topological polar surface area (TPSA) is 21.3 Å². The van der Waals surface area contributed by atoms with E-state index in [0.29, 0.717) is 12.5 Å². The smallest absolute Gasteiger partial charge is 0.144 e. The van der Waals surface area contributed by atoms with E-state index >= 15 is 0 Å².